The summed E-state index contributed by atoms with van der Waals surface area (Å²) in [6, 6.07) is 15.4. The molecule has 2 heterocycles. The molecule has 0 amide bonds. The molecule has 5 heteroatoms. The first kappa shape index (κ1) is 16.1. The summed E-state index contributed by atoms with van der Waals surface area (Å²) >= 11 is 6.19. The standard InChI is InChI=1S/C20H17ClN2O2/c1-2-10-24-20-16-12-22-19(13-6-4-3-5-7-13)23-18(16)15-11-14(21)8-9-17(15)25-20/h3-9,11-12,20H,2,10H2,1H3. The Morgan fingerprint density at radius 2 is 2.00 bits per heavy atom. The molecule has 0 radical (unpaired) electrons. The fourth-order valence-corrected chi connectivity index (χ4v) is 3.00. The highest BCUT2D eigenvalue weighted by Crippen LogP contribution is 2.43. The van der Waals surface area contributed by atoms with Gasteiger partial charge in [0.05, 0.1) is 17.9 Å². The highest BCUT2D eigenvalue weighted by Gasteiger charge is 2.29. The minimum atomic E-state index is -0.506. The molecule has 0 bridgehead atoms. The Hall–Kier alpha value is -2.43. The number of nitrogens with zero attached hydrogens (tertiary/aromatic N) is 2. The molecule has 0 saturated carbocycles. The number of hydrogen-bond acceptors (Lipinski definition) is 4. The van der Waals surface area contributed by atoms with E-state index in [-0.39, 0.29) is 0 Å². The van der Waals surface area contributed by atoms with Gasteiger partial charge in [0, 0.05) is 22.3 Å². The Kier molecular flexibility index (Phi) is 4.38. The fourth-order valence-electron chi connectivity index (χ4n) is 2.82. The van der Waals surface area contributed by atoms with Crippen molar-refractivity contribution in [2.24, 2.45) is 0 Å². The van der Waals surface area contributed by atoms with Gasteiger partial charge in [-0.25, -0.2) is 9.97 Å². The summed E-state index contributed by atoms with van der Waals surface area (Å²) in [4.78, 5) is 9.31. The highest BCUT2D eigenvalue weighted by molar-refractivity contribution is 6.31. The maximum atomic E-state index is 6.19. The van der Waals surface area contributed by atoms with Crippen molar-refractivity contribution in [3.05, 3.63) is 65.3 Å². The van der Waals surface area contributed by atoms with Gasteiger partial charge < -0.3 is 9.47 Å². The van der Waals surface area contributed by atoms with Crippen molar-refractivity contribution in [3.8, 4) is 28.4 Å². The van der Waals surface area contributed by atoms with Gasteiger partial charge in [0.2, 0.25) is 6.29 Å². The van der Waals surface area contributed by atoms with E-state index in [4.69, 9.17) is 26.1 Å². The first-order valence-electron chi connectivity index (χ1n) is 8.27. The topological polar surface area (TPSA) is 44.2 Å². The summed E-state index contributed by atoms with van der Waals surface area (Å²) in [5.74, 6) is 1.39. The van der Waals surface area contributed by atoms with Gasteiger partial charge in [-0.1, -0.05) is 48.9 Å². The summed E-state index contributed by atoms with van der Waals surface area (Å²) in [6.07, 6.45) is 2.19. The molecule has 3 aromatic rings. The fraction of sp³-hybridized carbons (Fsp3) is 0.200. The molecule has 126 valence electrons. The van der Waals surface area contributed by atoms with Crippen LogP contribution in [0.5, 0.6) is 5.75 Å². The highest BCUT2D eigenvalue weighted by atomic mass is 35.5. The van der Waals surface area contributed by atoms with E-state index >= 15 is 0 Å². The van der Waals surface area contributed by atoms with Crippen LogP contribution in [0, 0.1) is 0 Å². The van der Waals surface area contributed by atoms with E-state index in [1.54, 1.807) is 6.20 Å². The van der Waals surface area contributed by atoms with Crippen LogP contribution in [0.4, 0.5) is 0 Å². The van der Waals surface area contributed by atoms with Crippen molar-refractivity contribution in [1.29, 1.82) is 0 Å². The Morgan fingerprint density at radius 1 is 1.16 bits per heavy atom. The van der Waals surface area contributed by atoms with Gasteiger partial charge in [0.15, 0.2) is 5.82 Å². The lowest BCUT2D eigenvalue weighted by molar-refractivity contribution is -0.0851. The molecule has 1 aromatic heterocycles. The van der Waals surface area contributed by atoms with Crippen molar-refractivity contribution in [2.75, 3.05) is 6.61 Å². The largest absolute Gasteiger partial charge is 0.460 e. The number of fused-ring (bicyclic) bond motifs is 3. The van der Waals surface area contributed by atoms with E-state index in [1.165, 1.54) is 0 Å². The second-order valence-corrected chi connectivity index (χ2v) is 6.26. The van der Waals surface area contributed by atoms with Crippen molar-refractivity contribution < 1.29 is 9.47 Å². The van der Waals surface area contributed by atoms with Crippen LogP contribution in [0.25, 0.3) is 22.6 Å². The van der Waals surface area contributed by atoms with Crippen LogP contribution in [0.2, 0.25) is 5.02 Å². The molecule has 1 atom stereocenters. The van der Waals surface area contributed by atoms with Crippen LogP contribution in [0.1, 0.15) is 25.2 Å². The van der Waals surface area contributed by atoms with Crippen LogP contribution in [0.15, 0.2) is 54.7 Å². The monoisotopic (exact) mass is 352 g/mol. The first-order chi connectivity index (χ1) is 12.3. The van der Waals surface area contributed by atoms with Gasteiger partial charge in [-0.2, -0.15) is 0 Å². The van der Waals surface area contributed by atoms with Gasteiger partial charge in [0.1, 0.15) is 5.75 Å². The molecule has 1 aliphatic rings. The van der Waals surface area contributed by atoms with Crippen LogP contribution in [0.3, 0.4) is 0 Å². The zero-order chi connectivity index (χ0) is 17.2. The number of benzene rings is 2. The maximum Gasteiger partial charge on any atom is 0.230 e. The van der Waals surface area contributed by atoms with E-state index in [0.717, 1.165) is 34.6 Å². The van der Waals surface area contributed by atoms with E-state index in [0.29, 0.717) is 17.5 Å². The predicted octanol–water partition coefficient (Wildman–Crippen LogP) is 5.28. The molecule has 2 aromatic carbocycles. The molecule has 4 nitrogen and oxygen atoms in total. The maximum absolute atomic E-state index is 6.19. The number of hydrogen-bond donors (Lipinski definition) is 0. The average molecular weight is 353 g/mol. The van der Waals surface area contributed by atoms with Gasteiger partial charge >= 0.3 is 0 Å². The molecule has 0 aliphatic carbocycles. The third kappa shape index (κ3) is 3.11. The molecule has 4 rings (SSSR count). The van der Waals surface area contributed by atoms with Crippen LogP contribution in [-0.4, -0.2) is 16.6 Å². The zero-order valence-corrected chi connectivity index (χ0v) is 14.5. The van der Waals surface area contributed by atoms with Gasteiger partial charge in [-0.3, -0.25) is 0 Å². The second kappa shape index (κ2) is 6.82. The summed E-state index contributed by atoms with van der Waals surface area (Å²) in [5, 5.41) is 0.640. The molecule has 0 saturated heterocycles. The SMILES string of the molecule is CCCOC1Oc2ccc(Cl)cc2-c2nc(-c3ccccc3)ncc21. The normalized spacial score (nSPS) is 15.2. The van der Waals surface area contributed by atoms with Crippen LogP contribution in [-0.2, 0) is 4.74 Å². The number of ether oxygens (including phenoxy) is 2. The third-order valence-corrected chi connectivity index (χ3v) is 4.24. The Balaban J connectivity index is 1.85. The van der Waals surface area contributed by atoms with E-state index in [2.05, 4.69) is 11.9 Å². The van der Waals surface area contributed by atoms with Crippen LogP contribution >= 0.6 is 11.6 Å². The molecular weight excluding hydrogens is 336 g/mol. The first-order valence-corrected chi connectivity index (χ1v) is 8.64. The van der Waals surface area contributed by atoms with Crippen molar-refractivity contribution in [3.63, 3.8) is 0 Å². The smallest absolute Gasteiger partial charge is 0.230 e. The molecule has 25 heavy (non-hydrogen) atoms. The lowest BCUT2D eigenvalue weighted by Crippen LogP contribution is -2.19. The summed E-state index contributed by atoms with van der Waals surface area (Å²) in [7, 11) is 0. The van der Waals surface area contributed by atoms with Gasteiger partial charge in [-0.15, -0.1) is 0 Å². The predicted molar refractivity (Wildman–Crippen MR) is 97.5 cm³/mol. The van der Waals surface area contributed by atoms with E-state index < -0.39 is 6.29 Å². The minimum absolute atomic E-state index is 0.506. The zero-order valence-electron chi connectivity index (χ0n) is 13.8. The molecule has 1 aliphatic heterocycles. The van der Waals surface area contributed by atoms with Crippen LogP contribution < -0.4 is 4.74 Å². The van der Waals surface area contributed by atoms with Crippen molar-refractivity contribution in [2.45, 2.75) is 19.6 Å². The quantitative estimate of drug-likeness (QED) is 0.640. The lowest BCUT2D eigenvalue weighted by atomic mass is 10.0. The Morgan fingerprint density at radius 3 is 2.80 bits per heavy atom. The second-order valence-electron chi connectivity index (χ2n) is 5.82. The number of halogens is 1. The summed E-state index contributed by atoms with van der Waals surface area (Å²) < 4.78 is 11.9. The average Bonchev–Trinajstić information content (AvgIpc) is 2.66. The molecule has 0 fully saturated rings. The summed E-state index contributed by atoms with van der Waals surface area (Å²) in [6.45, 7) is 2.67. The van der Waals surface area contributed by atoms with Gasteiger partial charge in [-0.05, 0) is 24.6 Å². The Bertz CT molecular complexity index is 899. The Labute approximate surface area is 151 Å². The third-order valence-electron chi connectivity index (χ3n) is 4.01. The van der Waals surface area contributed by atoms with Crippen molar-refractivity contribution in [1.82, 2.24) is 9.97 Å². The number of rotatable bonds is 4. The van der Waals surface area contributed by atoms with E-state index in [1.807, 2.05) is 48.5 Å². The summed E-state index contributed by atoms with van der Waals surface area (Å²) in [5.41, 5.74) is 3.45. The molecule has 0 spiro atoms. The van der Waals surface area contributed by atoms with Gasteiger partial charge in [0.25, 0.3) is 0 Å². The molecule has 1 unspecified atom stereocenters. The minimum Gasteiger partial charge on any atom is -0.460 e. The molecule has 0 N–H and O–H groups in total. The molecular formula is C20H17ClN2O2. The number of aromatic nitrogens is 2. The lowest BCUT2D eigenvalue weighted by Gasteiger charge is -2.27. The van der Waals surface area contributed by atoms with Crippen molar-refractivity contribution >= 4 is 11.6 Å². The van der Waals surface area contributed by atoms with E-state index in [9.17, 15) is 0 Å².